The Morgan fingerprint density at radius 2 is 1.83 bits per heavy atom. The highest BCUT2D eigenvalue weighted by Gasteiger charge is 2.50. The van der Waals surface area contributed by atoms with Crippen LogP contribution in [0.1, 0.15) is 6.92 Å². The minimum absolute atomic E-state index is 0.0198. The molecule has 9 heteroatoms. The number of hydrogen-bond acceptors (Lipinski definition) is 6. The van der Waals surface area contributed by atoms with Gasteiger partial charge in [-0.1, -0.05) is 42.1 Å². The zero-order valence-corrected chi connectivity index (χ0v) is 18.2. The van der Waals surface area contributed by atoms with Gasteiger partial charge in [-0.15, -0.1) is 0 Å². The predicted molar refractivity (Wildman–Crippen MR) is 118 cm³/mol. The van der Waals surface area contributed by atoms with Gasteiger partial charge in [-0.05, 0) is 31.2 Å². The first-order valence-electron chi connectivity index (χ1n) is 9.51. The SMILES string of the molecule is COc1ccccc1N1C(=NC(=O)[C@H](C)Oc2ccccc2)S[C@@H]2CS(=O)(=O)C[C@@H]21. The Hall–Kier alpha value is -2.52. The molecule has 0 saturated carbocycles. The fourth-order valence-corrected chi connectivity index (χ4v) is 7.53. The van der Waals surface area contributed by atoms with Crippen LogP contribution in [0.3, 0.4) is 0 Å². The molecule has 4 rings (SSSR count). The van der Waals surface area contributed by atoms with E-state index in [9.17, 15) is 13.2 Å². The summed E-state index contributed by atoms with van der Waals surface area (Å²) in [7, 11) is -1.58. The summed E-state index contributed by atoms with van der Waals surface area (Å²) in [5, 5.41) is 0.287. The Morgan fingerprint density at radius 1 is 1.13 bits per heavy atom. The largest absolute Gasteiger partial charge is 0.495 e. The lowest BCUT2D eigenvalue weighted by Crippen LogP contribution is -2.38. The van der Waals surface area contributed by atoms with Gasteiger partial charge < -0.3 is 14.4 Å². The van der Waals surface area contributed by atoms with Crippen molar-refractivity contribution in [2.24, 2.45) is 4.99 Å². The number of amides is 1. The maximum atomic E-state index is 12.8. The lowest BCUT2D eigenvalue weighted by molar-refractivity contribution is -0.123. The average molecular weight is 447 g/mol. The van der Waals surface area contributed by atoms with E-state index in [2.05, 4.69) is 4.99 Å². The molecular formula is C21H22N2O5S2. The topological polar surface area (TPSA) is 85.3 Å². The van der Waals surface area contributed by atoms with Gasteiger partial charge in [0.15, 0.2) is 21.1 Å². The summed E-state index contributed by atoms with van der Waals surface area (Å²) in [6, 6.07) is 16.1. The number of rotatable bonds is 5. The van der Waals surface area contributed by atoms with Crippen molar-refractivity contribution in [3.05, 3.63) is 54.6 Å². The van der Waals surface area contributed by atoms with Gasteiger partial charge in [0.2, 0.25) is 0 Å². The highest BCUT2D eigenvalue weighted by Crippen LogP contribution is 2.43. The number of carbonyl (C=O) groups is 1. The van der Waals surface area contributed by atoms with Gasteiger partial charge in [0, 0.05) is 5.25 Å². The highest BCUT2D eigenvalue weighted by molar-refractivity contribution is 8.16. The van der Waals surface area contributed by atoms with Crippen LogP contribution in [0.15, 0.2) is 59.6 Å². The fraction of sp³-hybridized carbons (Fsp3) is 0.333. The molecule has 30 heavy (non-hydrogen) atoms. The number of amidine groups is 1. The van der Waals surface area contributed by atoms with Gasteiger partial charge >= 0.3 is 0 Å². The Morgan fingerprint density at radius 3 is 2.57 bits per heavy atom. The lowest BCUT2D eigenvalue weighted by atomic mass is 10.2. The second kappa shape index (κ2) is 8.31. The number of ether oxygens (including phenoxy) is 2. The summed E-state index contributed by atoms with van der Waals surface area (Å²) in [6.07, 6.45) is -0.774. The van der Waals surface area contributed by atoms with Crippen LogP contribution >= 0.6 is 11.8 Å². The van der Waals surface area contributed by atoms with E-state index in [1.807, 2.05) is 41.3 Å². The second-order valence-corrected chi connectivity index (χ2v) is 10.5. The van der Waals surface area contributed by atoms with Crippen LogP contribution in [-0.4, -0.2) is 55.5 Å². The van der Waals surface area contributed by atoms with Gasteiger partial charge in [0.05, 0.1) is 30.3 Å². The number of para-hydroxylation sites is 3. The minimum Gasteiger partial charge on any atom is -0.495 e. The maximum Gasteiger partial charge on any atom is 0.288 e. The standard InChI is InChI=1S/C21H22N2O5S2/c1-14(28-15-8-4-3-5-9-15)20(24)22-21-23(16-10-6-7-11-18(16)27-2)17-12-30(25,26)13-19(17)29-21/h3-11,14,17,19H,12-13H2,1-2H3/t14-,17-,19+/m0/s1. The molecule has 0 bridgehead atoms. The van der Waals surface area contributed by atoms with E-state index in [1.54, 1.807) is 32.2 Å². The summed E-state index contributed by atoms with van der Waals surface area (Å²) in [6.45, 7) is 1.65. The molecule has 158 valence electrons. The van der Waals surface area contributed by atoms with Crippen molar-refractivity contribution < 1.29 is 22.7 Å². The molecule has 2 fully saturated rings. The summed E-state index contributed by atoms with van der Waals surface area (Å²) in [5.74, 6) is 0.839. The average Bonchev–Trinajstić information content (AvgIpc) is 3.19. The van der Waals surface area contributed by atoms with E-state index in [0.29, 0.717) is 22.4 Å². The van der Waals surface area contributed by atoms with Gasteiger partial charge in [0.25, 0.3) is 5.91 Å². The molecule has 2 aliphatic rings. The number of hydrogen-bond donors (Lipinski definition) is 0. The zero-order chi connectivity index (χ0) is 21.3. The molecule has 0 aromatic heterocycles. The van der Waals surface area contributed by atoms with Crippen molar-refractivity contribution in [3.63, 3.8) is 0 Å². The van der Waals surface area contributed by atoms with E-state index in [0.717, 1.165) is 0 Å². The Labute approximate surface area is 180 Å². The minimum atomic E-state index is -3.14. The molecule has 0 N–H and O–H groups in total. The first-order valence-corrected chi connectivity index (χ1v) is 12.2. The molecule has 2 heterocycles. The molecule has 0 aliphatic carbocycles. The first-order chi connectivity index (χ1) is 14.4. The van der Waals surface area contributed by atoms with Crippen molar-refractivity contribution in [2.75, 3.05) is 23.5 Å². The van der Waals surface area contributed by atoms with Gasteiger partial charge in [-0.25, -0.2) is 8.42 Å². The lowest BCUT2D eigenvalue weighted by Gasteiger charge is -2.26. The molecule has 0 radical (unpaired) electrons. The number of benzene rings is 2. The van der Waals surface area contributed by atoms with Crippen LogP contribution in [0.4, 0.5) is 5.69 Å². The van der Waals surface area contributed by atoms with Crippen molar-refractivity contribution in [2.45, 2.75) is 24.3 Å². The summed E-state index contributed by atoms with van der Waals surface area (Å²) >= 11 is 1.32. The monoisotopic (exact) mass is 446 g/mol. The van der Waals surface area contributed by atoms with Crippen LogP contribution in [0, 0.1) is 0 Å². The first kappa shape index (κ1) is 20.7. The fourth-order valence-electron chi connectivity index (χ4n) is 3.61. The molecule has 2 saturated heterocycles. The third-order valence-electron chi connectivity index (χ3n) is 5.02. The van der Waals surface area contributed by atoms with Crippen molar-refractivity contribution in [1.82, 2.24) is 0 Å². The smallest absolute Gasteiger partial charge is 0.288 e. The predicted octanol–water partition coefficient (Wildman–Crippen LogP) is 2.76. The normalized spacial score (nSPS) is 24.5. The summed E-state index contributed by atoms with van der Waals surface area (Å²) in [4.78, 5) is 18.9. The Bertz CT molecular complexity index is 1070. The van der Waals surface area contributed by atoms with Gasteiger partial charge in [0.1, 0.15) is 11.5 Å². The number of thioether (sulfide) groups is 1. The Balaban J connectivity index is 1.64. The molecule has 1 amide bonds. The molecule has 2 aliphatic heterocycles. The van der Waals surface area contributed by atoms with E-state index in [-0.39, 0.29) is 22.8 Å². The van der Waals surface area contributed by atoms with Crippen LogP contribution in [0.2, 0.25) is 0 Å². The number of fused-ring (bicyclic) bond motifs is 1. The van der Waals surface area contributed by atoms with Crippen LogP contribution < -0.4 is 14.4 Å². The molecule has 0 unspecified atom stereocenters. The number of nitrogens with zero attached hydrogens (tertiary/aromatic N) is 2. The number of anilines is 1. The maximum absolute atomic E-state index is 12.8. The number of methoxy groups -OCH3 is 1. The number of aliphatic imine (C=N–C) groups is 1. The van der Waals surface area contributed by atoms with Crippen LogP contribution in [0.5, 0.6) is 11.5 Å². The second-order valence-electron chi connectivity index (χ2n) is 7.15. The molecular weight excluding hydrogens is 424 g/mol. The van der Waals surface area contributed by atoms with Crippen molar-refractivity contribution in [3.8, 4) is 11.5 Å². The van der Waals surface area contributed by atoms with Crippen LogP contribution in [-0.2, 0) is 14.6 Å². The number of carbonyl (C=O) groups excluding carboxylic acids is 1. The molecule has 0 spiro atoms. The van der Waals surface area contributed by atoms with Gasteiger partial charge in [-0.3, -0.25) is 4.79 Å². The van der Waals surface area contributed by atoms with Crippen LogP contribution in [0.25, 0.3) is 0 Å². The molecule has 2 aromatic rings. The van der Waals surface area contributed by atoms with Gasteiger partial charge in [-0.2, -0.15) is 4.99 Å². The third kappa shape index (κ3) is 4.17. The van der Waals surface area contributed by atoms with E-state index >= 15 is 0 Å². The summed E-state index contributed by atoms with van der Waals surface area (Å²) < 4.78 is 35.6. The van der Waals surface area contributed by atoms with E-state index < -0.39 is 21.8 Å². The van der Waals surface area contributed by atoms with Crippen molar-refractivity contribution >= 4 is 38.4 Å². The Kier molecular flexibility index (Phi) is 5.75. The van der Waals surface area contributed by atoms with E-state index in [1.165, 1.54) is 11.8 Å². The molecule has 7 nitrogen and oxygen atoms in total. The highest BCUT2D eigenvalue weighted by atomic mass is 32.2. The molecule has 3 atom stereocenters. The van der Waals surface area contributed by atoms with Crippen molar-refractivity contribution in [1.29, 1.82) is 0 Å². The third-order valence-corrected chi connectivity index (χ3v) is 8.23. The zero-order valence-electron chi connectivity index (χ0n) is 16.6. The summed E-state index contributed by atoms with van der Waals surface area (Å²) in [5.41, 5.74) is 0.695. The number of sulfone groups is 1. The molecule has 2 aromatic carbocycles. The van der Waals surface area contributed by atoms with E-state index in [4.69, 9.17) is 9.47 Å². The quantitative estimate of drug-likeness (QED) is 0.698.